The summed E-state index contributed by atoms with van der Waals surface area (Å²) in [7, 11) is 0. The molecule has 0 bridgehead atoms. The fraction of sp³-hybridized carbons (Fsp3) is 0.167. The molecule has 1 N–H and O–H groups in total. The monoisotopic (exact) mass is 343 g/mol. The molecule has 0 saturated carbocycles. The van der Waals surface area contributed by atoms with Gasteiger partial charge in [0.25, 0.3) is 5.91 Å². The van der Waals surface area contributed by atoms with E-state index in [1.165, 1.54) is 11.8 Å². The SMILES string of the molecule is CCOc1ccc(C=C2SC(=S)NC2=O)cc1Br. The van der Waals surface area contributed by atoms with Crippen LogP contribution in [0.1, 0.15) is 12.5 Å². The molecule has 1 aliphatic heterocycles. The topological polar surface area (TPSA) is 38.3 Å². The fourth-order valence-electron chi connectivity index (χ4n) is 1.45. The van der Waals surface area contributed by atoms with Gasteiger partial charge in [-0.2, -0.15) is 0 Å². The summed E-state index contributed by atoms with van der Waals surface area (Å²) in [6.07, 6.45) is 1.81. The Balaban J connectivity index is 2.25. The first-order valence-corrected chi connectivity index (χ1v) is 7.29. The van der Waals surface area contributed by atoms with Crippen LogP contribution in [0.3, 0.4) is 0 Å². The Morgan fingerprint density at radius 2 is 2.33 bits per heavy atom. The van der Waals surface area contributed by atoms with Gasteiger partial charge in [0.2, 0.25) is 0 Å². The van der Waals surface area contributed by atoms with Crippen molar-refractivity contribution in [1.82, 2.24) is 5.32 Å². The molecule has 1 saturated heterocycles. The van der Waals surface area contributed by atoms with Crippen LogP contribution in [0.2, 0.25) is 0 Å². The van der Waals surface area contributed by atoms with Crippen LogP contribution in [-0.4, -0.2) is 16.8 Å². The number of rotatable bonds is 3. The molecule has 94 valence electrons. The number of benzene rings is 1. The lowest BCUT2D eigenvalue weighted by molar-refractivity contribution is -0.115. The lowest BCUT2D eigenvalue weighted by Crippen LogP contribution is -2.17. The third-order valence-corrected chi connectivity index (χ3v) is 3.98. The number of nitrogens with one attached hydrogen (secondary N) is 1. The average Bonchev–Trinajstić information content (AvgIpc) is 2.61. The molecular weight excluding hydrogens is 334 g/mol. The first-order chi connectivity index (χ1) is 8.60. The van der Waals surface area contributed by atoms with Crippen molar-refractivity contribution in [2.45, 2.75) is 6.92 Å². The summed E-state index contributed by atoms with van der Waals surface area (Å²) >= 11 is 9.64. The minimum Gasteiger partial charge on any atom is -0.493 e. The van der Waals surface area contributed by atoms with Crippen LogP contribution in [0.25, 0.3) is 6.08 Å². The van der Waals surface area contributed by atoms with Crippen LogP contribution in [0, 0.1) is 0 Å². The number of thioether (sulfide) groups is 1. The zero-order valence-electron chi connectivity index (χ0n) is 9.53. The van der Waals surface area contributed by atoms with Crippen molar-refractivity contribution in [3.8, 4) is 5.75 Å². The molecule has 0 spiro atoms. The highest BCUT2D eigenvalue weighted by Gasteiger charge is 2.21. The number of hydrogen-bond donors (Lipinski definition) is 1. The van der Waals surface area contributed by atoms with Gasteiger partial charge in [0.1, 0.15) is 10.1 Å². The highest BCUT2D eigenvalue weighted by molar-refractivity contribution is 9.10. The minimum absolute atomic E-state index is 0.144. The molecule has 1 aliphatic rings. The largest absolute Gasteiger partial charge is 0.493 e. The van der Waals surface area contributed by atoms with E-state index in [9.17, 15) is 4.79 Å². The summed E-state index contributed by atoms with van der Waals surface area (Å²) in [5.74, 6) is 0.647. The molecule has 0 atom stereocenters. The molecule has 1 heterocycles. The zero-order chi connectivity index (χ0) is 13.1. The number of hydrogen-bond acceptors (Lipinski definition) is 4. The van der Waals surface area contributed by atoms with E-state index in [-0.39, 0.29) is 5.91 Å². The molecule has 1 amide bonds. The van der Waals surface area contributed by atoms with Crippen LogP contribution >= 0.6 is 39.9 Å². The van der Waals surface area contributed by atoms with Gasteiger partial charge in [0.15, 0.2) is 0 Å². The molecule has 18 heavy (non-hydrogen) atoms. The maximum atomic E-state index is 11.5. The summed E-state index contributed by atoms with van der Waals surface area (Å²) in [4.78, 5) is 12.1. The Hall–Kier alpha value is -0.850. The number of ether oxygens (including phenoxy) is 1. The van der Waals surface area contributed by atoms with Crippen molar-refractivity contribution in [2.24, 2.45) is 0 Å². The molecule has 1 fully saturated rings. The van der Waals surface area contributed by atoms with E-state index >= 15 is 0 Å². The van der Waals surface area contributed by atoms with Gasteiger partial charge in [-0.05, 0) is 46.6 Å². The number of carbonyl (C=O) groups is 1. The molecule has 0 unspecified atom stereocenters. The highest BCUT2D eigenvalue weighted by atomic mass is 79.9. The molecule has 1 aromatic carbocycles. The smallest absolute Gasteiger partial charge is 0.263 e. The average molecular weight is 344 g/mol. The number of halogens is 1. The second-order valence-electron chi connectivity index (χ2n) is 3.48. The van der Waals surface area contributed by atoms with Crippen molar-refractivity contribution in [3.05, 3.63) is 33.1 Å². The Morgan fingerprint density at radius 1 is 1.56 bits per heavy atom. The van der Waals surface area contributed by atoms with Gasteiger partial charge < -0.3 is 10.1 Å². The van der Waals surface area contributed by atoms with E-state index in [1.54, 1.807) is 6.08 Å². The van der Waals surface area contributed by atoms with Crippen LogP contribution < -0.4 is 10.1 Å². The summed E-state index contributed by atoms with van der Waals surface area (Å²) in [6.45, 7) is 2.55. The van der Waals surface area contributed by atoms with Crippen LogP contribution in [0.4, 0.5) is 0 Å². The summed E-state index contributed by atoms with van der Waals surface area (Å²) in [5.41, 5.74) is 0.924. The predicted molar refractivity (Wildman–Crippen MR) is 81.6 cm³/mol. The van der Waals surface area contributed by atoms with Crippen molar-refractivity contribution in [1.29, 1.82) is 0 Å². The minimum atomic E-state index is -0.144. The van der Waals surface area contributed by atoms with Gasteiger partial charge in [-0.25, -0.2) is 0 Å². The lowest BCUT2D eigenvalue weighted by Gasteiger charge is -2.06. The van der Waals surface area contributed by atoms with Crippen molar-refractivity contribution >= 4 is 56.2 Å². The molecule has 0 aromatic heterocycles. The quantitative estimate of drug-likeness (QED) is 0.674. The third-order valence-electron chi connectivity index (χ3n) is 2.20. The Bertz CT molecular complexity index is 543. The number of carbonyl (C=O) groups excluding carboxylic acids is 1. The van der Waals surface area contributed by atoms with Crippen LogP contribution in [0.5, 0.6) is 5.75 Å². The maximum absolute atomic E-state index is 11.5. The van der Waals surface area contributed by atoms with Crippen molar-refractivity contribution in [3.63, 3.8) is 0 Å². The van der Waals surface area contributed by atoms with Gasteiger partial charge in [0.05, 0.1) is 16.0 Å². The van der Waals surface area contributed by atoms with Crippen molar-refractivity contribution < 1.29 is 9.53 Å². The lowest BCUT2D eigenvalue weighted by atomic mass is 10.2. The summed E-state index contributed by atoms with van der Waals surface area (Å²) in [5, 5.41) is 2.58. The van der Waals surface area contributed by atoms with Gasteiger partial charge in [-0.1, -0.05) is 30.0 Å². The van der Waals surface area contributed by atoms with E-state index in [2.05, 4.69) is 21.2 Å². The van der Waals surface area contributed by atoms with Gasteiger partial charge in [0, 0.05) is 0 Å². The van der Waals surface area contributed by atoms with Crippen LogP contribution in [-0.2, 0) is 4.79 Å². The molecular formula is C12H10BrNO2S2. The normalized spacial score (nSPS) is 17.1. The molecule has 1 aromatic rings. The standard InChI is InChI=1S/C12H10BrNO2S2/c1-2-16-9-4-3-7(5-8(9)13)6-10-11(15)14-12(17)18-10/h3-6H,2H2,1H3,(H,14,15,17). The van der Waals surface area contributed by atoms with Gasteiger partial charge in [-0.15, -0.1) is 0 Å². The Morgan fingerprint density at radius 3 is 2.89 bits per heavy atom. The number of thiocarbonyl (C=S) groups is 1. The van der Waals surface area contributed by atoms with E-state index in [0.29, 0.717) is 15.8 Å². The van der Waals surface area contributed by atoms with E-state index in [0.717, 1.165) is 15.8 Å². The van der Waals surface area contributed by atoms with E-state index in [1.807, 2.05) is 25.1 Å². The first kappa shape index (κ1) is 13.6. The van der Waals surface area contributed by atoms with Crippen molar-refractivity contribution in [2.75, 3.05) is 6.61 Å². The summed E-state index contributed by atoms with van der Waals surface area (Å²) in [6, 6.07) is 5.68. The molecule has 0 radical (unpaired) electrons. The molecule has 3 nitrogen and oxygen atoms in total. The third kappa shape index (κ3) is 3.13. The second kappa shape index (κ2) is 5.86. The predicted octanol–water partition coefficient (Wildman–Crippen LogP) is 3.34. The molecule has 2 rings (SSSR count). The Kier molecular flexibility index (Phi) is 4.42. The van der Waals surface area contributed by atoms with Gasteiger partial charge >= 0.3 is 0 Å². The second-order valence-corrected chi connectivity index (χ2v) is 6.05. The Labute approximate surface area is 123 Å². The van der Waals surface area contributed by atoms with Gasteiger partial charge in [-0.3, -0.25) is 4.79 Å². The van der Waals surface area contributed by atoms with E-state index in [4.69, 9.17) is 17.0 Å². The summed E-state index contributed by atoms with van der Waals surface area (Å²) < 4.78 is 6.79. The molecule has 6 heteroatoms. The zero-order valence-corrected chi connectivity index (χ0v) is 12.7. The van der Waals surface area contributed by atoms with Crippen LogP contribution in [0.15, 0.2) is 27.6 Å². The highest BCUT2D eigenvalue weighted by Crippen LogP contribution is 2.30. The first-order valence-electron chi connectivity index (χ1n) is 5.27. The maximum Gasteiger partial charge on any atom is 0.263 e. The number of amides is 1. The molecule has 0 aliphatic carbocycles. The van der Waals surface area contributed by atoms with E-state index < -0.39 is 0 Å². The fourth-order valence-corrected chi connectivity index (χ4v) is 3.01.